The summed E-state index contributed by atoms with van der Waals surface area (Å²) in [6, 6.07) is 18.5. The second-order valence-electron chi connectivity index (χ2n) is 6.07. The van der Waals surface area contributed by atoms with Crippen LogP contribution in [0.15, 0.2) is 74.9 Å². The zero-order valence-corrected chi connectivity index (χ0v) is 17.7. The molecule has 0 aliphatic rings. The summed E-state index contributed by atoms with van der Waals surface area (Å²) in [6.07, 6.45) is 2.78. The number of hydrogen-bond donors (Lipinski definition) is 1. The van der Waals surface area contributed by atoms with E-state index in [0.717, 1.165) is 12.0 Å². The van der Waals surface area contributed by atoms with Crippen molar-refractivity contribution in [2.75, 3.05) is 12.8 Å². The van der Waals surface area contributed by atoms with Crippen molar-refractivity contribution in [1.82, 2.24) is 5.32 Å². The Morgan fingerprint density at radius 1 is 1.14 bits per heavy atom. The first-order valence-corrected chi connectivity index (χ1v) is 11.6. The molecule has 1 aromatic heterocycles. The molecule has 146 valence electrons. The maximum Gasteiger partial charge on any atom is 0.287 e. The predicted octanol–water partition coefficient (Wildman–Crippen LogP) is 4.94. The van der Waals surface area contributed by atoms with Crippen molar-refractivity contribution in [3.05, 3.63) is 82.8 Å². The second kappa shape index (κ2) is 9.96. The lowest BCUT2D eigenvalue weighted by Gasteiger charge is -2.05. The van der Waals surface area contributed by atoms with Gasteiger partial charge in [-0.1, -0.05) is 29.8 Å². The molecule has 1 N–H and O–H groups in total. The van der Waals surface area contributed by atoms with Crippen molar-refractivity contribution >= 4 is 40.1 Å². The molecule has 3 aromatic rings. The molecule has 0 saturated heterocycles. The van der Waals surface area contributed by atoms with Gasteiger partial charge in [-0.25, -0.2) is 0 Å². The average molecular weight is 434 g/mol. The van der Waals surface area contributed by atoms with Crippen molar-refractivity contribution in [3.63, 3.8) is 0 Å². The van der Waals surface area contributed by atoms with E-state index in [4.69, 9.17) is 16.0 Å². The smallest absolute Gasteiger partial charge is 0.287 e. The zero-order chi connectivity index (χ0) is 19.9. The molecule has 0 spiro atoms. The molecule has 1 heterocycles. The van der Waals surface area contributed by atoms with Gasteiger partial charge in [-0.3, -0.25) is 9.00 Å². The third-order valence-corrected chi connectivity index (χ3v) is 6.38. The number of thioether (sulfide) groups is 1. The van der Waals surface area contributed by atoms with Gasteiger partial charge in [-0.2, -0.15) is 0 Å². The number of amides is 1. The Labute approximate surface area is 176 Å². The number of nitrogens with one attached hydrogen (secondary N) is 1. The minimum absolute atomic E-state index is 0.190. The highest BCUT2D eigenvalue weighted by molar-refractivity contribution is 7.98. The van der Waals surface area contributed by atoms with E-state index in [1.165, 1.54) is 4.90 Å². The molecule has 3 rings (SSSR count). The van der Waals surface area contributed by atoms with Crippen LogP contribution in [-0.4, -0.2) is 22.9 Å². The molecule has 0 radical (unpaired) electrons. The van der Waals surface area contributed by atoms with E-state index in [-0.39, 0.29) is 17.4 Å². The molecule has 0 saturated carbocycles. The number of hydrogen-bond acceptors (Lipinski definition) is 4. The summed E-state index contributed by atoms with van der Waals surface area (Å²) in [7, 11) is -1.29. The molecule has 1 atom stereocenters. The van der Waals surface area contributed by atoms with E-state index in [9.17, 15) is 9.00 Å². The number of halogens is 1. The Morgan fingerprint density at radius 2 is 1.93 bits per heavy atom. The van der Waals surface area contributed by atoms with Gasteiger partial charge in [-0.15, -0.1) is 11.8 Å². The molecular formula is C21H20ClNO3S2. The minimum atomic E-state index is -1.29. The Hall–Kier alpha value is -2.02. The summed E-state index contributed by atoms with van der Waals surface area (Å²) in [5, 5.41) is 3.39. The van der Waals surface area contributed by atoms with Crippen molar-refractivity contribution in [2.45, 2.75) is 22.0 Å². The molecule has 0 aliphatic heterocycles. The van der Waals surface area contributed by atoms with Crippen LogP contribution in [0.25, 0.3) is 0 Å². The molecule has 0 unspecified atom stereocenters. The van der Waals surface area contributed by atoms with Crippen LogP contribution in [0.3, 0.4) is 0 Å². The monoisotopic (exact) mass is 433 g/mol. The third kappa shape index (κ3) is 5.74. The lowest BCUT2D eigenvalue weighted by Crippen LogP contribution is -2.25. The first-order valence-electron chi connectivity index (χ1n) is 8.69. The second-order valence-corrected chi connectivity index (χ2v) is 8.83. The van der Waals surface area contributed by atoms with Crippen LogP contribution >= 0.6 is 23.4 Å². The van der Waals surface area contributed by atoms with Crippen molar-refractivity contribution < 1.29 is 13.4 Å². The van der Waals surface area contributed by atoms with Gasteiger partial charge >= 0.3 is 0 Å². The Bertz CT molecular complexity index is 970. The van der Waals surface area contributed by atoms with Gasteiger partial charge in [0.1, 0.15) is 5.76 Å². The van der Waals surface area contributed by atoms with E-state index >= 15 is 0 Å². The van der Waals surface area contributed by atoms with Crippen LogP contribution in [0.4, 0.5) is 0 Å². The summed E-state index contributed by atoms with van der Waals surface area (Å²) in [6.45, 7) is 0.516. The highest BCUT2D eigenvalue weighted by atomic mass is 35.5. The fourth-order valence-electron chi connectivity index (χ4n) is 2.60. The fraction of sp³-hybridized carbons (Fsp3) is 0.190. The minimum Gasteiger partial charge on any atom is -0.455 e. The average Bonchev–Trinajstić information content (AvgIpc) is 3.17. The van der Waals surface area contributed by atoms with Crippen LogP contribution in [0.1, 0.15) is 21.9 Å². The van der Waals surface area contributed by atoms with Gasteiger partial charge in [0.05, 0.1) is 16.6 Å². The zero-order valence-electron chi connectivity index (χ0n) is 15.3. The Morgan fingerprint density at radius 3 is 2.64 bits per heavy atom. The van der Waals surface area contributed by atoms with Crippen LogP contribution in [0.2, 0.25) is 5.02 Å². The normalized spacial score (nSPS) is 11.9. The Kier molecular flexibility index (Phi) is 7.36. The summed E-state index contributed by atoms with van der Waals surface area (Å²) in [4.78, 5) is 14.1. The van der Waals surface area contributed by atoms with Crippen LogP contribution in [0, 0.1) is 0 Å². The summed E-state index contributed by atoms with van der Waals surface area (Å²) < 4.78 is 18.0. The summed E-state index contributed by atoms with van der Waals surface area (Å²) in [5.41, 5.74) is 1.16. The quantitative estimate of drug-likeness (QED) is 0.511. The molecule has 2 aromatic carbocycles. The first kappa shape index (κ1) is 20.7. The van der Waals surface area contributed by atoms with Crippen LogP contribution in [0.5, 0.6) is 0 Å². The lowest BCUT2D eigenvalue weighted by atomic mass is 10.1. The number of benzene rings is 2. The highest BCUT2D eigenvalue weighted by Crippen LogP contribution is 2.18. The molecule has 28 heavy (non-hydrogen) atoms. The molecule has 0 bridgehead atoms. The van der Waals surface area contributed by atoms with Crippen molar-refractivity contribution in [3.8, 4) is 0 Å². The van der Waals surface area contributed by atoms with Crippen molar-refractivity contribution in [1.29, 1.82) is 0 Å². The predicted molar refractivity (Wildman–Crippen MR) is 115 cm³/mol. The summed E-state index contributed by atoms with van der Waals surface area (Å²) >= 11 is 7.63. The van der Waals surface area contributed by atoms with Crippen molar-refractivity contribution in [2.24, 2.45) is 0 Å². The maximum atomic E-state index is 12.4. The molecule has 0 aliphatic carbocycles. The first-order chi connectivity index (χ1) is 13.5. The van der Waals surface area contributed by atoms with Gasteiger partial charge in [0.25, 0.3) is 5.91 Å². The SMILES string of the molecule is CSc1ccc(CCNC(=O)c2ccc(C[S@](=O)c3cccc(Cl)c3)o2)cc1. The molecule has 0 fully saturated rings. The van der Waals surface area contributed by atoms with E-state index < -0.39 is 10.8 Å². The van der Waals surface area contributed by atoms with Gasteiger partial charge in [0.15, 0.2) is 5.76 Å². The molecule has 1 amide bonds. The molecule has 4 nitrogen and oxygen atoms in total. The van der Waals surface area contributed by atoms with Crippen LogP contribution < -0.4 is 5.32 Å². The Balaban J connectivity index is 1.51. The lowest BCUT2D eigenvalue weighted by molar-refractivity contribution is 0.0925. The fourth-order valence-corrected chi connectivity index (χ4v) is 4.33. The number of furan rings is 1. The molecule has 7 heteroatoms. The molecular weight excluding hydrogens is 414 g/mol. The third-order valence-electron chi connectivity index (χ3n) is 4.08. The number of carbonyl (C=O) groups excluding carboxylic acids is 1. The largest absolute Gasteiger partial charge is 0.455 e. The van der Waals surface area contributed by atoms with E-state index in [1.807, 2.05) is 6.26 Å². The van der Waals surface area contributed by atoms with Gasteiger partial charge in [0, 0.05) is 21.4 Å². The van der Waals surface area contributed by atoms with Crippen LogP contribution in [-0.2, 0) is 23.0 Å². The van der Waals surface area contributed by atoms with E-state index in [1.54, 1.807) is 48.2 Å². The number of carbonyl (C=O) groups is 1. The van der Waals surface area contributed by atoms with E-state index in [2.05, 4.69) is 29.6 Å². The number of rotatable bonds is 8. The van der Waals surface area contributed by atoms with Gasteiger partial charge < -0.3 is 9.73 Å². The maximum absolute atomic E-state index is 12.4. The highest BCUT2D eigenvalue weighted by Gasteiger charge is 2.13. The standard InChI is InChI=1S/C21H20ClNO3S2/c1-27-18-8-5-15(6-9-18)11-12-23-21(24)20-10-7-17(26-20)14-28(25)19-4-2-3-16(22)13-19/h2-10,13H,11-12,14H2,1H3,(H,23,24)/t28-/m0/s1. The van der Waals surface area contributed by atoms with Gasteiger partial charge in [0.2, 0.25) is 0 Å². The summed E-state index contributed by atoms with van der Waals surface area (Å²) in [5.74, 6) is 0.627. The van der Waals surface area contributed by atoms with E-state index in [0.29, 0.717) is 22.2 Å². The topological polar surface area (TPSA) is 59.3 Å². The van der Waals surface area contributed by atoms with Gasteiger partial charge in [-0.05, 0) is 60.7 Å².